The lowest BCUT2D eigenvalue weighted by molar-refractivity contribution is -0.143. The van der Waals surface area contributed by atoms with E-state index >= 15 is 0 Å². The molecule has 3 N–H and O–H groups in total. The summed E-state index contributed by atoms with van der Waals surface area (Å²) in [4.78, 5) is 24.5. The highest BCUT2D eigenvalue weighted by Gasteiger charge is 2.18. The first-order chi connectivity index (χ1) is 35.0. The van der Waals surface area contributed by atoms with Gasteiger partial charge in [0.25, 0.3) is 0 Å². The second kappa shape index (κ2) is 60.6. The van der Waals surface area contributed by atoms with Crippen molar-refractivity contribution < 1.29 is 24.5 Å². The van der Waals surface area contributed by atoms with Crippen LogP contribution < -0.4 is 5.32 Å². The van der Waals surface area contributed by atoms with E-state index in [2.05, 4.69) is 43.5 Å². The molecule has 418 valence electrons. The van der Waals surface area contributed by atoms with Crippen molar-refractivity contribution >= 4 is 11.9 Å². The van der Waals surface area contributed by atoms with Gasteiger partial charge in [-0.1, -0.05) is 281 Å². The van der Waals surface area contributed by atoms with E-state index in [1.807, 2.05) is 6.08 Å². The summed E-state index contributed by atoms with van der Waals surface area (Å²) >= 11 is 0. The molecular formula is C65H123NO5. The van der Waals surface area contributed by atoms with Crippen molar-refractivity contribution in [3.8, 4) is 0 Å². The molecule has 0 rings (SSSR count). The maximum Gasteiger partial charge on any atom is 0.305 e. The number of nitrogens with one attached hydrogen (secondary N) is 1. The summed E-state index contributed by atoms with van der Waals surface area (Å²) in [6.07, 6.45) is 76.3. The van der Waals surface area contributed by atoms with Crippen molar-refractivity contribution in [3.63, 3.8) is 0 Å². The molecule has 0 aliphatic heterocycles. The standard InChI is InChI=1S/C65H123NO5/c1-3-5-7-9-11-13-15-16-17-18-25-29-32-35-39-43-47-51-55-59-65(70)71-60-56-52-48-44-40-36-33-30-27-24-22-20-19-21-23-26-28-31-34-38-42-46-50-54-58-64(69)66-62(61-67)63(68)57-53-49-45-41-37-14-12-10-8-6-4-2/h16-17,21,23,53,57,62-63,67-68H,3-15,18-20,22,24-52,54-56,58-61H2,1-2H3,(H,66,69)/b17-16-,23-21-,57-53+. The Labute approximate surface area is 443 Å². The van der Waals surface area contributed by atoms with E-state index < -0.39 is 12.1 Å². The predicted octanol–water partition coefficient (Wildman–Crippen LogP) is 20.0. The van der Waals surface area contributed by atoms with E-state index in [1.165, 1.54) is 270 Å². The fourth-order valence-corrected chi connectivity index (χ4v) is 9.74. The number of amides is 1. The Morgan fingerprint density at radius 2 is 0.662 bits per heavy atom. The van der Waals surface area contributed by atoms with Gasteiger partial charge in [-0.3, -0.25) is 9.59 Å². The van der Waals surface area contributed by atoms with Gasteiger partial charge in [0.2, 0.25) is 5.91 Å². The van der Waals surface area contributed by atoms with Gasteiger partial charge < -0.3 is 20.3 Å². The second-order valence-corrected chi connectivity index (χ2v) is 21.7. The largest absolute Gasteiger partial charge is 0.466 e. The van der Waals surface area contributed by atoms with Gasteiger partial charge in [0.05, 0.1) is 25.4 Å². The topological polar surface area (TPSA) is 95.9 Å². The number of carbonyl (C=O) groups is 2. The quantitative estimate of drug-likeness (QED) is 0.0321. The summed E-state index contributed by atoms with van der Waals surface area (Å²) in [5.41, 5.74) is 0. The van der Waals surface area contributed by atoms with Crippen molar-refractivity contribution in [1.29, 1.82) is 0 Å². The molecule has 71 heavy (non-hydrogen) atoms. The van der Waals surface area contributed by atoms with Gasteiger partial charge in [-0.05, 0) is 83.5 Å². The summed E-state index contributed by atoms with van der Waals surface area (Å²) in [6, 6.07) is -0.630. The molecule has 0 aromatic heterocycles. The molecule has 0 saturated carbocycles. The lowest BCUT2D eigenvalue weighted by Crippen LogP contribution is -2.45. The van der Waals surface area contributed by atoms with Crippen LogP contribution in [-0.2, 0) is 14.3 Å². The minimum absolute atomic E-state index is 0.0116. The monoisotopic (exact) mass is 998 g/mol. The predicted molar refractivity (Wildman–Crippen MR) is 310 cm³/mol. The minimum Gasteiger partial charge on any atom is -0.466 e. The zero-order chi connectivity index (χ0) is 51.4. The Bertz CT molecular complexity index is 1150. The van der Waals surface area contributed by atoms with Crippen molar-refractivity contribution in [2.24, 2.45) is 0 Å². The molecule has 2 atom stereocenters. The van der Waals surface area contributed by atoms with Crippen LogP contribution in [0.3, 0.4) is 0 Å². The molecule has 1 amide bonds. The van der Waals surface area contributed by atoms with Crippen molar-refractivity contribution in [3.05, 3.63) is 36.5 Å². The van der Waals surface area contributed by atoms with Gasteiger partial charge in [0.15, 0.2) is 0 Å². The first-order valence-electron chi connectivity index (χ1n) is 31.8. The van der Waals surface area contributed by atoms with Gasteiger partial charge in [-0.15, -0.1) is 0 Å². The fraction of sp³-hybridized carbons (Fsp3) is 0.877. The summed E-state index contributed by atoms with van der Waals surface area (Å²) in [6.45, 7) is 4.90. The van der Waals surface area contributed by atoms with E-state index in [4.69, 9.17) is 4.74 Å². The highest BCUT2D eigenvalue weighted by atomic mass is 16.5. The van der Waals surface area contributed by atoms with Gasteiger partial charge in [0, 0.05) is 12.8 Å². The average molecular weight is 999 g/mol. The van der Waals surface area contributed by atoms with E-state index in [0.29, 0.717) is 19.4 Å². The smallest absolute Gasteiger partial charge is 0.305 e. The van der Waals surface area contributed by atoms with Crippen LogP contribution in [0, 0.1) is 0 Å². The lowest BCUT2D eigenvalue weighted by Gasteiger charge is -2.20. The number of unbranched alkanes of at least 4 members (excludes halogenated alkanes) is 44. The summed E-state index contributed by atoms with van der Waals surface area (Å²) in [5.74, 6) is -0.0617. The van der Waals surface area contributed by atoms with Crippen LogP contribution in [0.2, 0.25) is 0 Å². The zero-order valence-corrected chi connectivity index (χ0v) is 47.7. The van der Waals surface area contributed by atoms with Crippen molar-refractivity contribution in [2.75, 3.05) is 13.2 Å². The van der Waals surface area contributed by atoms with Crippen LogP contribution in [0.15, 0.2) is 36.5 Å². The zero-order valence-electron chi connectivity index (χ0n) is 47.7. The van der Waals surface area contributed by atoms with Gasteiger partial charge in [-0.25, -0.2) is 0 Å². The van der Waals surface area contributed by atoms with Crippen LogP contribution in [0.1, 0.15) is 341 Å². The van der Waals surface area contributed by atoms with Gasteiger partial charge in [-0.2, -0.15) is 0 Å². The van der Waals surface area contributed by atoms with E-state index in [9.17, 15) is 19.8 Å². The minimum atomic E-state index is -0.846. The highest BCUT2D eigenvalue weighted by molar-refractivity contribution is 5.76. The molecule has 0 heterocycles. The molecule has 0 aliphatic carbocycles. The Kier molecular flexibility index (Phi) is 59.0. The molecule has 6 nitrogen and oxygen atoms in total. The SMILES string of the molecule is CCCCCCCC/C=C\CCCCCCCCCCCC(=O)OCCCCCCCCCCCCCC/C=C\CCCCCCCCCCC(=O)NC(CO)C(O)/C=C/CCCCCCCCCCC. The number of carbonyl (C=O) groups excluding carboxylic acids is 2. The van der Waals surface area contributed by atoms with Crippen LogP contribution in [0.25, 0.3) is 0 Å². The number of hydrogen-bond donors (Lipinski definition) is 3. The van der Waals surface area contributed by atoms with Crippen molar-refractivity contribution in [2.45, 2.75) is 353 Å². The molecule has 2 unspecified atom stereocenters. The first kappa shape index (κ1) is 69.1. The molecule has 0 aliphatic rings. The average Bonchev–Trinajstić information content (AvgIpc) is 3.37. The van der Waals surface area contributed by atoms with Crippen LogP contribution in [0.5, 0.6) is 0 Å². The Morgan fingerprint density at radius 3 is 1.00 bits per heavy atom. The van der Waals surface area contributed by atoms with Gasteiger partial charge in [0.1, 0.15) is 0 Å². The maximum atomic E-state index is 12.4. The third-order valence-corrected chi connectivity index (χ3v) is 14.6. The summed E-state index contributed by atoms with van der Waals surface area (Å²) in [5, 5.41) is 23.0. The fourth-order valence-electron chi connectivity index (χ4n) is 9.74. The van der Waals surface area contributed by atoms with Crippen LogP contribution in [-0.4, -0.2) is 47.4 Å². The molecular weight excluding hydrogens is 875 g/mol. The molecule has 0 fully saturated rings. The normalized spacial score (nSPS) is 12.8. The van der Waals surface area contributed by atoms with Gasteiger partial charge >= 0.3 is 5.97 Å². The Hall–Kier alpha value is -1.92. The molecule has 0 aromatic carbocycles. The van der Waals surface area contributed by atoms with Crippen LogP contribution >= 0.6 is 0 Å². The molecule has 0 aromatic rings. The number of ether oxygens (including phenoxy) is 1. The lowest BCUT2D eigenvalue weighted by atomic mass is 10.0. The van der Waals surface area contributed by atoms with E-state index in [-0.39, 0.29) is 18.5 Å². The highest BCUT2D eigenvalue weighted by Crippen LogP contribution is 2.17. The molecule has 6 heteroatoms. The summed E-state index contributed by atoms with van der Waals surface area (Å²) < 4.78 is 5.50. The first-order valence-corrected chi connectivity index (χ1v) is 31.8. The summed E-state index contributed by atoms with van der Waals surface area (Å²) in [7, 11) is 0. The van der Waals surface area contributed by atoms with Crippen molar-refractivity contribution in [1.82, 2.24) is 5.32 Å². The Morgan fingerprint density at radius 1 is 0.380 bits per heavy atom. The number of esters is 1. The molecule has 0 bridgehead atoms. The molecule has 0 radical (unpaired) electrons. The Balaban J connectivity index is 3.38. The number of allylic oxidation sites excluding steroid dienone is 5. The number of hydrogen-bond acceptors (Lipinski definition) is 5. The third kappa shape index (κ3) is 57.2. The second-order valence-electron chi connectivity index (χ2n) is 21.7. The third-order valence-electron chi connectivity index (χ3n) is 14.6. The van der Waals surface area contributed by atoms with E-state index in [1.54, 1.807) is 6.08 Å². The molecule has 0 spiro atoms. The molecule has 0 saturated heterocycles. The maximum absolute atomic E-state index is 12.4. The number of aliphatic hydroxyl groups is 2. The van der Waals surface area contributed by atoms with Crippen LogP contribution in [0.4, 0.5) is 0 Å². The number of aliphatic hydroxyl groups excluding tert-OH is 2. The van der Waals surface area contributed by atoms with E-state index in [0.717, 1.165) is 44.9 Å². The number of rotatable bonds is 59.